The second-order valence-corrected chi connectivity index (χ2v) is 7.09. The molecule has 29 heavy (non-hydrogen) atoms. The summed E-state index contributed by atoms with van der Waals surface area (Å²) in [6.07, 6.45) is 0. The van der Waals surface area contributed by atoms with Crippen molar-refractivity contribution in [3.05, 3.63) is 59.7 Å². The van der Waals surface area contributed by atoms with Gasteiger partial charge in [-0.25, -0.2) is 9.07 Å². The molecule has 0 fully saturated rings. The van der Waals surface area contributed by atoms with E-state index in [0.29, 0.717) is 28.8 Å². The Morgan fingerprint density at radius 1 is 1.21 bits per heavy atom. The van der Waals surface area contributed by atoms with Gasteiger partial charge in [0.2, 0.25) is 11.1 Å². The van der Waals surface area contributed by atoms with E-state index in [1.165, 1.54) is 10.7 Å². The molecule has 3 rings (SSSR count). The van der Waals surface area contributed by atoms with E-state index in [0.717, 1.165) is 23.2 Å². The van der Waals surface area contributed by atoms with Gasteiger partial charge in [0, 0.05) is 11.4 Å². The molecule has 0 spiro atoms. The lowest BCUT2D eigenvalue weighted by Gasteiger charge is -2.08. The van der Waals surface area contributed by atoms with Gasteiger partial charge in [-0.3, -0.25) is 4.79 Å². The van der Waals surface area contributed by atoms with Gasteiger partial charge in [-0.15, -0.1) is 10.2 Å². The number of ether oxygens (including phenoxy) is 1. The summed E-state index contributed by atoms with van der Waals surface area (Å²) in [5.74, 6) is 6.71. The van der Waals surface area contributed by atoms with Crippen LogP contribution < -0.4 is 21.2 Å². The maximum Gasteiger partial charge on any atom is 0.234 e. The van der Waals surface area contributed by atoms with Crippen molar-refractivity contribution < 1.29 is 13.9 Å². The molecule has 10 heteroatoms. The van der Waals surface area contributed by atoms with Crippen molar-refractivity contribution in [2.24, 2.45) is 0 Å². The first kappa shape index (κ1) is 20.5. The molecule has 152 valence electrons. The molecular weight excluding hydrogens is 395 g/mol. The molecule has 3 aromatic rings. The number of carbonyl (C=O) groups is 1. The van der Waals surface area contributed by atoms with Crippen LogP contribution in [0.25, 0.3) is 0 Å². The summed E-state index contributed by atoms with van der Waals surface area (Å²) in [5.41, 5.74) is 1.80. The first-order valence-electron chi connectivity index (χ1n) is 8.72. The molecular formula is C19H21FN6O2S. The van der Waals surface area contributed by atoms with Crippen LogP contribution in [0.2, 0.25) is 0 Å². The van der Waals surface area contributed by atoms with Gasteiger partial charge in [0.1, 0.15) is 11.6 Å². The van der Waals surface area contributed by atoms with Crippen LogP contribution in [0.15, 0.2) is 47.6 Å². The Hall–Kier alpha value is -3.27. The number of aryl methyl sites for hydroxylation is 1. The van der Waals surface area contributed by atoms with E-state index >= 15 is 0 Å². The van der Waals surface area contributed by atoms with Crippen molar-refractivity contribution in [2.75, 3.05) is 29.3 Å². The summed E-state index contributed by atoms with van der Waals surface area (Å²) < 4.78 is 20.0. The molecule has 8 nitrogen and oxygen atoms in total. The number of aromatic nitrogens is 3. The average Bonchev–Trinajstić information content (AvgIpc) is 3.07. The molecule has 1 aromatic heterocycles. The molecule has 1 amide bonds. The molecule has 0 aliphatic heterocycles. The number of anilines is 2. The lowest BCUT2D eigenvalue weighted by Crippen LogP contribution is -2.18. The summed E-state index contributed by atoms with van der Waals surface area (Å²) in [6.45, 7) is 2.02. The fourth-order valence-electron chi connectivity index (χ4n) is 2.41. The van der Waals surface area contributed by atoms with E-state index in [9.17, 15) is 9.18 Å². The molecule has 0 aliphatic carbocycles. The lowest BCUT2D eigenvalue weighted by molar-refractivity contribution is -0.113. The Balaban J connectivity index is 1.52. The summed E-state index contributed by atoms with van der Waals surface area (Å²) >= 11 is 1.14. The minimum Gasteiger partial charge on any atom is -0.497 e. The predicted molar refractivity (Wildman–Crippen MR) is 111 cm³/mol. The number of amides is 1. The highest BCUT2D eigenvalue weighted by molar-refractivity contribution is 7.99. The number of methoxy groups -OCH3 is 1. The minimum absolute atomic E-state index is 0.0662. The van der Waals surface area contributed by atoms with Crippen LogP contribution in [-0.2, 0) is 11.3 Å². The molecule has 2 aromatic carbocycles. The van der Waals surface area contributed by atoms with E-state index in [4.69, 9.17) is 10.6 Å². The van der Waals surface area contributed by atoms with Crippen molar-refractivity contribution in [3.8, 4) is 5.75 Å². The maximum atomic E-state index is 13.6. The normalized spacial score (nSPS) is 10.6. The van der Waals surface area contributed by atoms with Crippen LogP contribution in [-0.4, -0.2) is 33.6 Å². The molecule has 0 saturated heterocycles. The minimum atomic E-state index is -0.369. The Bertz CT molecular complexity index is 993. The quantitative estimate of drug-likeness (QED) is 0.383. The number of nitrogens with one attached hydrogen (secondary N) is 2. The van der Waals surface area contributed by atoms with E-state index in [1.54, 1.807) is 26.2 Å². The topological polar surface area (TPSA) is 107 Å². The predicted octanol–water partition coefficient (Wildman–Crippen LogP) is 2.79. The Morgan fingerprint density at radius 3 is 2.62 bits per heavy atom. The Kier molecular flexibility index (Phi) is 6.55. The fraction of sp³-hybridized carbons (Fsp3) is 0.211. The van der Waals surface area contributed by atoms with Crippen molar-refractivity contribution >= 4 is 29.0 Å². The largest absolute Gasteiger partial charge is 0.497 e. The lowest BCUT2D eigenvalue weighted by atomic mass is 10.2. The van der Waals surface area contributed by atoms with Gasteiger partial charge in [-0.05, 0) is 48.9 Å². The van der Waals surface area contributed by atoms with Gasteiger partial charge in [0.05, 0.1) is 19.4 Å². The summed E-state index contributed by atoms with van der Waals surface area (Å²) in [5, 5.41) is 14.3. The summed E-state index contributed by atoms with van der Waals surface area (Å²) in [4.78, 5) is 12.1. The molecule has 0 aliphatic rings. The Morgan fingerprint density at radius 2 is 1.93 bits per heavy atom. The van der Waals surface area contributed by atoms with Crippen LogP contribution in [0.1, 0.15) is 11.4 Å². The number of nitrogens with two attached hydrogens (primary N) is 1. The summed E-state index contributed by atoms with van der Waals surface area (Å²) in [6, 6.07) is 12.0. The first-order chi connectivity index (χ1) is 14.0. The molecule has 0 radical (unpaired) electrons. The number of halogens is 1. The van der Waals surface area contributed by atoms with Gasteiger partial charge < -0.3 is 21.2 Å². The second-order valence-electron chi connectivity index (χ2n) is 6.15. The zero-order chi connectivity index (χ0) is 20.8. The third-order valence-corrected chi connectivity index (χ3v) is 5.01. The number of nitrogen functional groups attached to an aromatic ring is 1. The molecule has 4 N–H and O–H groups in total. The molecule has 0 unspecified atom stereocenters. The van der Waals surface area contributed by atoms with Gasteiger partial charge in [0.25, 0.3) is 0 Å². The van der Waals surface area contributed by atoms with Gasteiger partial charge in [-0.2, -0.15) is 0 Å². The first-order valence-corrected chi connectivity index (χ1v) is 9.71. The zero-order valence-corrected chi connectivity index (χ0v) is 16.8. The highest BCUT2D eigenvalue weighted by Crippen LogP contribution is 2.19. The van der Waals surface area contributed by atoms with Crippen molar-refractivity contribution in [1.82, 2.24) is 14.9 Å². The third-order valence-electron chi connectivity index (χ3n) is 4.06. The second kappa shape index (κ2) is 9.28. The average molecular weight is 416 g/mol. The van der Waals surface area contributed by atoms with E-state index in [1.807, 2.05) is 24.3 Å². The molecule has 1 heterocycles. The SMILES string of the molecule is COc1ccc(NCc2nnc(SCC(=O)Nc3ccc(C)c(F)c3)n2N)cc1. The zero-order valence-electron chi connectivity index (χ0n) is 16.0. The highest BCUT2D eigenvalue weighted by atomic mass is 32.2. The number of thioether (sulfide) groups is 1. The van der Waals surface area contributed by atoms with E-state index in [-0.39, 0.29) is 17.5 Å². The van der Waals surface area contributed by atoms with Crippen molar-refractivity contribution in [2.45, 2.75) is 18.6 Å². The highest BCUT2D eigenvalue weighted by Gasteiger charge is 2.13. The number of rotatable bonds is 8. The standard InChI is InChI=1S/C19H21FN6O2S/c1-12-3-4-14(9-16(12)20)23-18(27)11-29-19-25-24-17(26(19)21)10-22-13-5-7-15(28-2)8-6-13/h3-9,22H,10-11,21H2,1-2H3,(H,23,27). The van der Waals surface area contributed by atoms with Crippen LogP contribution in [0, 0.1) is 12.7 Å². The van der Waals surface area contributed by atoms with Crippen LogP contribution in [0.3, 0.4) is 0 Å². The van der Waals surface area contributed by atoms with E-state index < -0.39 is 0 Å². The van der Waals surface area contributed by atoms with Crippen LogP contribution in [0.5, 0.6) is 5.75 Å². The van der Waals surface area contributed by atoms with Gasteiger partial charge in [-0.1, -0.05) is 17.8 Å². The number of hydrogen-bond donors (Lipinski definition) is 3. The fourth-order valence-corrected chi connectivity index (χ4v) is 3.09. The van der Waals surface area contributed by atoms with E-state index in [2.05, 4.69) is 20.8 Å². The third kappa shape index (κ3) is 5.38. The number of carbonyl (C=O) groups excluding carboxylic acids is 1. The number of benzene rings is 2. The summed E-state index contributed by atoms with van der Waals surface area (Å²) in [7, 11) is 1.61. The Labute approximate surface area is 171 Å². The van der Waals surface area contributed by atoms with Crippen molar-refractivity contribution in [1.29, 1.82) is 0 Å². The molecule has 0 bridgehead atoms. The number of hydrogen-bond acceptors (Lipinski definition) is 7. The molecule has 0 saturated carbocycles. The van der Waals surface area contributed by atoms with Gasteiger partial charge >= 0.3 is 0 Å². The smallest absolute Gasteiger partial charge is 0.234 e. The van der Waals surface area contributed by atoms with Crippen LogP contribution in [0.4, 0.5) is 15.8 Å². The molecule has 0 atom stereocenters. The van der Waals surface area contributed by atoms with Crippen LogP contribution >= 0.6 is 11.8 Å². The number of nitrogens with zero attached hydrogens (tertiary/aromatic N) is 3. The monoisotopic (exact) mass is 416 g/mol. The van der Waals surface area contributed by atoms with Crippen molar-refractivity contribution in [3.63, 3.8) is 0 Å². The maximum absolute atomic E-state index is 13.6. The van der Waals surface area contributed by atoms with Gasteiger partial charge in [0.15, 0.2) is 5.82 Å².